The predicted molar refractivity (Wildman–Crippen MR) is 62.4 cm³/mol. The van der Waals surface area contributed by atoms with Crippen molar-refractivity contribution in [1.82, 2.24) is 9.59 Å². The van der Waals surface area contributed by atoms with Crippen LogP contribution in [0.5, 0.6) is 5.75 Å². The summed E-state index contributed by atoms with van der Waals surface area (Å²) in [6.07, 6.45) is 0. The highest BCUT2D eigenvalue weighted by Crippen LogP contribution is 2.19. The standard InChI is InChI=1S/C11H10N2O3S/c1-7-4-2-3-5-8(7)16-6-9-10(11(14)15)12-13-17-9/h2-5H,6H2,1H3,(H,14,15). The Morgan fingerprint density at radius 3 is 2.94 bits per heavy atom. The summed E-state index contributed by atoms with van der Waals surface area (Å²) in [6.45, 7) is 2.10. The Morgan fingerprint density at radius 2 is 2.24 bits per heavy atom. The minimum Gasteiger partial charge on any atom is -0.488 e. The zero-order valence-electron chi connectivity index (χ0n) is 9.08. The van der Waals surface area contributed by atoms with Gasteiger partial charge in [0.25, 0.3) is 0 Å². The first-order chi connectivity index (χ1) is 8.18. The number of rotatable bonds is 4. The number of nitrogens with zero attached hydrogens (tertiary/aromatic N) is 2. The molecule has 0 radical (unpaired) electrons. The molecule has 0 aliphatic rings. The number of aromatic nitrogens is 2. The van der Waals surface area contributed by atoms with E-state index in [1.54, 1.807) is 0 Å². The molecule has 0 bridgehead atoms. The topological polar surface area (TPSA) is 72.3 Å². The molecule has 1 aromatic heterocycles. The molecular formula is C11H10N2O3S. The monoisotopic (exact) mass is 250 g/mol. The average molecular weight is 250 g/mol. The highest BCUT2D eigenvalue weighted by Gasteiger charge is 2.15. The quantitative estimate of drug-likeness (QED) is 0.899. The molecule has 0 fully saturated rings. The molecule has 0 amide bonds. The van der Waals surface area contributed by atoms with E-state index in [1.807, 2.05) is 31.2 Å². The van der Waals surface area contributed by atoms with E-state index in [-0.39, 0.29) is 12.3 Å². The second-order valence-corrected chi connectivity index (χ2v) is 4.24. The van der Waals surface area contributed by atoms with Crippen LogP contribution in [0.3, 0.4) is 0 Å². The van der Waals surface area contributed by atoms with Gasteiger partial charge in [0.05, 0.1) is 4.88 Å². The van der Waals surface area contributed by atoms with Crippen LogP contribution in [0.25, 0.3) is 0 Å². The fourth-order valence-electron chi connectivity index (χ4n) is 1.33. The predicted octanol–water partition coefficient (Wildman–Crippen LogP) is 2.12. The first-order valence-corrected chi connectivity index (χ1v) is 5.69. The van der Waals surface area contributed by atoms with Crippen molar-refractivity contribution in [3.63, 3.8) is 0 Å². The maximum atomic E-state index is 10.8. The van der Waals surface area contributed by atoms with Gasteiger partial charge in [-0.25, -0.2) is 4.79 Å². The summed E-state index contributed by atoms with van der Waals surface area (Å²) in [5.41, 5.74) is 0.963. The number of para-hydroxylation sites is 1. The van der Waals surface area contributed by atoms with Gasteiger partial charge in [0.2, 0.25) is 0 Å². The van der Waals surface area contributed by atoms with E-state index in [4.69, 9.17) is 9.84 Å². The number of ether oxygens (including phenoxy) is 1. The van der Waals surface area contributed by atoms with Crippen LogP contribution in [0.2, 0.25) is 0 Å². The van der Waals surface area contributed by atoms with Crippen molar-refractivity contribution in [2.75, 3.05) is 0 Å². The lowest BCUT2D eigenvalue weighted by atomic mass is 10.2. The van der Waals surface area contributed by atoms with E-state index < -0.39 is 5.97 Å². The van der Waals surface area contributed by atoms with E-state index in [2.05, 4.69) is 9.59 Å². The first-order valence-electron chi connectivity index (χ1n) is 4.91. The molecule has 1 aromatic carbocycles. The van der Waals surface area contributed by atoms with Crippen molar-refractivity contribution in [2.24, 2.45) is 0 Å². The fourth-order valence-corrected chi connectivity index (χ4v) is 1.88. The van der Waals surface area contributed by atoms with Crippen molar-refractivity contribution in [2.45, 2.75) is 13.5 Å². The molecule has 0 saturated heterocycles. The minimum absolute atomic E-state index is 0.0383. The minimum atomic E-state index is -1.08. The van der Waals surface area contributed by atoms with Crippen LogP contribution in [0, 0.1) is 6.92 Å². The van der Waals surface area contributed by atoms with Gasteiger partial charge >= 0.3 is 5.97 Å². The van der Waals surface area contributed by atoms with Crippen molar-refractivity contribution >= 4 is 17.5 Å². The summed E-state index contributed by atoms with van der Waals surface area (Å²) >= 11 is 1.04. The van der Waals surface area contributed by atoms with Gasteiger partial charge < -0.3 is 9.84 Å². The normalized spacial score (nSPS) is 10.2. The largest absolute Gasteiger partial charge is 0.488 e. The molecule has 0 aliphatic carbocycles. The molecule has 0 atom stereocenters. The summed E-state index contributed by atoms with van der Waals surface area (Å²) in [5.74, 6) is -0.348. The van der Waals surface area contributed by atoms with Gasteiger partial charge in [-0.05, 0) is 30.1 Å². The number of aromatic carboxylic acids is 1. The highest BCUT2D eigenvalue weighted by molar-refractivity contribution is 7.05. The maximum absolute atomic E-state index is 10.8. The lowest BCUT2D eigenvalue weighted by Gasteiger charge is -2.07. The zero-order chi connectivity index (χ0) is 12.3. The molecule has 1 N–H and O–H groups in total. The molecule has 2 rings (SSSR count). The number of aryl methyl sites for hydroxylation is 1. The van der Waals surface area contributed by atoms with Crippen LogP contribution < -0.4 is 4.74 Å². The van der Waals surface area contributed by atoms with Gasteiger partial charge in [-0.3, -0.25) is 0 Å². The molecule has 0 unspecified atom stereocenters. The van der Waals surface area contributed by atoms with Crippen LogP contribution in [0.4, 0.5) is 0 Å². The van der Waals surface area contributed by atoms with Gasteiger partial charge in [0.15, 0.2) is 5.69 Å². The van der Waals surface area contributed by atoms with E-state index in [1.165, 1.54) is 0 Å². The van der Waals surface area contributed by atoms with E-state index in [0.29, 0.717) is 4.88 Å². The molecule has 88 valence electrons. The lowest BCUT2D eigenvalue weighted by Crippen LogP contribution is -2.04. The van der Waals surface area contributed by atoms with Crippen LogP contribution in [0.15, 0.2) is 24.3 Å². The number of hydrogen-bond acceptors (Lipinski definition) is 5. The van der Waals surface area contributed by atoms with Crippen molar-refractivity contribution < 1.29 is 14.6 Å². The van der Waals surface area contributed by atoms with E-state index in [0.717, 1.165) is 22.8 Å². The second kappa shape index (κ2) is 4.92. The molecule has 17 heavy (non-hydrogen) atoms. The molecule has 1 heterocycles. The highest BCUT2D eigenvalue weighted by atomic mass is 32.1. The third kappa shape index (κ3) is 2.59. The molecular weight excluding hydrogens is 240 g/mol. The number of carboxylic acids is 1. The number of benzene rings is 1. The summed E-state index contributed by atoms with van der Waals surface area (Å²) in [5, 5.41) is 12.4. The fraction of sp³-hybridized carbons (Fsp3) is 0.182. The van der Waals surface area contributed by atoms with Gasteiger partial charge in [-0.2, -0.15) is 0 Å². The third-order valence-corrected chi connectivity index (χ3v) is 2.91. The second-order valence-electron chi connectivity index (χ2n) is 3.40. The molecule has 0 aliphatic heterocycles. The number of carbonyl (C=O) groups is 1. The maximum Gasteiger partial charge on any atom is 0.357 e. The Bertz CT molecular complexity index is 539. The summed E-state index contributed by atoms with van der Waals surface area (Å²) in [6, 6.07) is 7.55. The molecule has 5 nitrogen and oxygen atoms in total. The van der Waals surface area contributed by atoms with Gasteiger partial charge in [0, 0.05) is 0 Å². The van der Waals surface area contributed by atoms with Crippen molar-refractivity contribution in [3.05, 3.63) is 40.4 Å². The summed E-state index contributed by atoms with van der Waals surface area (Å²) in [7, 11) is 0. The molecule has 0 saturated carbocycles. The Morgan fingerprint density at radius 1 is 1.47 bits per heavy atom. The van der Waals surface area contributed by atoms with Gasteiger partial charge in [-0.1, -0.05) is 22.7 Å². The van der Waals surface area contributed by atoms with Crippen LogP contribution >= 0.6 is 11.5 Å². The Balaban J connectivity index is 2.10. The van der Waals surface area contributed by atoms with Gasteiger partial charge in [0.1, 0.15) is 12.4 Å². The lowest BCUT2D eigenvalue weighted by molar-refractivity contribution is 0.0687. The molecule has 2 aromatic rings. The summed E-state index contributed by atoms with van der Waals surface area (Å²) in [4.78, 5) is 11.3. The Labute approximate surface area is 102 Å². The van der Waals surface area contributed by atoms with Gasteiger partial charge in [-0.15, -0.1) is 5.10 Å². The van der Waals surface area contributed by atoms with Crippen molar-refractivity contribution in [3.8, 4) is 5.75 Å². The van der Waals surface area contributed by atoms with E-state index in [9.17, 15) is 4.79 Å². The van der Waals surface area contributed by atoms with Crippen LogP contribution in [0.1, 0.15) is 20.9 Å². The SMILES string of the molecule is Cc1ccccc1OCc1snnc1C(=O)O. The number of carboxylic acid groups (broad SMARTS) is 1. The Kier molecular flexibility index (Phi) is 3.34. The summed E-state index contributed by atoms with van der Waals surface area (Å²) < 4.78 is 9.15. The number of hydrogen-bond donors (Lipinski definition) is 1. The smallest absolute Gasteiger partial charge is 0.357 e. The average Bonchev–Trinajstić information content (AvgIpc) is 2.76. The molecule has 0 spiro atoms. The first kappa shape index (κ1) is 11.5. The van der Waals surface area contributed by atoms with Crippen molar-refractivity contribution in [1.29, 1.82) is 0 Å². The van der Waals surface area contributed by atoms with E-state index >= 15 is 0 Å². The van der Waals surface area contributed by atoms with Crippen LogP contribution in [-0.4, -0.2) is 20.7 Å². The molecule has 6 heteroatoms. The zero-order valence-corrected chi connectivity index (χ0v) is 9.90. The van der Waals surface area contributed by atoms with Crippen LogP contribution in [-0.2, 0) is 6.61 Å². The Hall–Kier alpha value is -1.95. The third-order valence-electron chi connectivity index (χ3n) is 2.21.